The zero-order valence-corrected chi connectivity index (χ0v) is 16.3. The molecule has 0 aromatic heterocycles. The van der Waals surface area contributed by atoms with Crippen molar-refractivity contribution < 1.29 is 19.2 Å². The van der Waals surface area contributed by atoms with Crippen LogP contribution >= 0.6 is 0 Å². The molecule has 0 heterocycles. The van der Waals surface area contributed by atoms with E-state index in [4.69, 9.17) is 10.00 Å². The predicted octanol–water partition coefficient (Wildman–Crippen LogP) is 1.44. The highest BCUT2D eigenvalue weighted by Crippen LogP contribution is 2.15. The van der Waals surface area contributed by atoms with Gasteiger partial charge in [0.05, 0.1) is 24.9 Å². The molecule has 0 saturated carbocycles. The molecule has 0 aliphatic carbocycles. The number of carbonyl (C=O) groups is 2. The van der Waals surface area contributed by atoms with E-state index in [0.29, 0.717) is 29.2 Å². The van der Waals surface area contributed by atoms with E-state index >= 15 is 0 Å². The van der Waals surface area contributed by atoms with Crippen molar-refractivity contribution in [1.82, 2.24) is 0 Å². The standard InChI is InChI=1S/C21H24N4O3/c1-4-25(14-20(26)23-17-9-11-18(28-3)12-10-17)15(2)21(27)24-19-8-6-5-7-16(19)13-22/h5-12,15H,4,14H2,1-3H3,(H,23,26)(H,24,27)/p+1/t15-/m1/s1. The lowest BCUT2D eigenvalue weighted by atomic mass is 10.1. The number of hydrogen-bond acceptors (Lipinski definition) is 4. The van der Waals surface area contributed by atoms with Crippen molar-refractivity contribution in [2.45, 2.75) is 19.9 Å². The fraction of sp³-hybridized carbons (Fsp3) is 0.286. The first-order valence-corrected chi connectivity index (χ1v) is 9.07. The minimum atomic E-state index is -0.460. The monoisotopic (exact) mass is 381 g/mol. The third-order valence-corrected chi connectivity index (χ3v) is 4.53. The summed E-state index contributed by atoms with van der Waals surface area (Å²) < 4.78 is 5.10. The number of benzene rings is 2. The molecule has 7 nitrogen and oxygen atoms in total. The van der Waals surface area contributed by atoms with E-state index in [1.807, 2.05) is 6.92 Å². The average molecular weight is 381 g/mol. The maximum absolute atomic E-state index is 12.6. The van der Waals surface area contributed by atoms with Gasteiger partial charge in [-0.1, -0.05) is 12.1 Å². The molecule has 0 spiro atoms. The summed E-state index contributed by atoms with van der Waals surface area (Å²) in [6.07, 6.45) is 0. The van der Waals surface area contributed by atoms with Gasteiger partial charge in [0.1, 0.15) is 11.8 Å². The number of quaternary nitrogens is 1. The highest BCUT2D eigenvalue weighted by Gasteiger charge is 2.26. The normalized spacial score (nSPS) is 12.4. The van der Waals surface area contributed by atoms with Crippen molar-refractivity contribution in [2.24, 2.45) is 0 Å². The summed E-state index contributed by atoms with van der Waals surface area (Å²) >= 11 is 0. The molecular weight excluding hydrogens is 356 g/mol. The number of para-hydroxylation sites is 1. The average Bonchev–Trinajstić information content (AvgIpc) is 2.72. The zero-order chi connectivity index (χ0) is 20.5. The van der Waals surface area contributed by atoms with E-state index in [1.165, 1.54) is 0 Å². The van der Waals surface area contributed by atoms with Gasteiger partial charge >= 0.3 is 0 Å². The van der Waals surface area contributed by atoms with Gasteiger partial charge in [-0.2, -0.15) is 5.26 Å². The molecule has 0 saturated heterocycles. The van der Waals surface area contributed by atoms with Crippen molar-refractivity contribution in [1.29, 1.82) is 5.26 Å². The van der Waals surface area contributed by atoms with E-state index in [1.54, 1.807) is 62.6 Å². The van der Waals surface area contributed by atoms with Gasteiger partial charge in [0, 0.05) is 5.69 Å². The van der Waals surface area contributed by atoms with E-state index in [-0.39, 0.29) is 18.4 Å². The summed E-state index contributed by atoms with van der Waals surface area (Å²) in [5, 5.41) is 14.8. The number of carbonyl (C=O) groups excluding carboxylic acids is 2. The predicted molar refractivity (Wildman–Crippen MR) is 107 cm³/mol. The fourth-order valence-electron chi connectivity index (χ4n) is 2.79. The molecule has 0 fully saturated rings. The highest BCUT2D eigenvalue weighted by atomic mass is 16.5. The molecule has 146 valence electrons. The number of nitrogens with zero attached hydrogens (tertiary/aromatic N) is 1. The maximum atomic E-state index is 12.6. The third kappa shape index (κ3) is 5.56. The number of nitriles is 1. The first kappa shape index (κ1) is 20.9. The Labute approximate surface area is 164 Å². The first-order chi connectivity index (χ1) is 13.5. The zero-order valence-electron chi connectivity index (χ0n) is 16.3. The fourth-order valence-corrected chi connectivity index (χ4v) is 2.79. The topological polar surface area (TPSA) is 95.7 Å². The molecule has 2 amide bonds. The molecular formula is C21H25N4O3+. The lowest BCUT2D eigenvalue weighted by molar-refractivity contribution is -0.904. The second-order valence-electron chi connectivity index (χ2n) is 6.33. The summed E-state index contributed by atoms with van der Waals surface area (Å²) in [7, 11) is 1.58. The van der Waals surface area contributed by atoms with Gasteiger partial charge in [0.25, 0.3) is 11.8 Å². The minimum absolute atomic E-state index is 0.150. The molecule has 0 aliphatic rings. The lowest BCUT2D eigenvalue weighted by Crippen LogP contribution is -3.17. The molecule has 2 rings (SSSR count). The van der Waals surface area contributed by atoms with Crippen LogP contribution in [0, 0.1) is 11.3 Å². The molecule has 2 atom stereocenters. The van der Waals surface area contributed by atoms with E-state index in [0.717, 1.165) is 4.90 Å². The summed E-state index contributed by atoms with van der Waals surface area (Å²) in [4.78, 5) is 25.8. The van der Waals surface area contributed by atoms with Gasteiger partial charge in [-0.3, -0.25) is 9.59 Å². The second-order valence-corrected chi connectivity index (χ2v) is 6.33. The Hall–Kier alpha value is -3.37. The number of likely N-dealkylation sites (N-methyl/N-ethyl adjacent to an activating group) is 1. The molecule has 0 radical (unpaired) electrons. The number of hydrogen-bond donors (Lipinski definition) is 3. The van der Waals surface area contributed by atoms with Crippen molar-refractivity contribution in [3.63, 3.8) is 0 Å². The molecule has 0 bridgehead atoms. The summed E-state index contributed by atoms with van der Waals surface area (Å²) in [5.74, 6) is 0.289. The SMILES string of the molecule is CC[NH+](CC(=O)Nc1ccc(OC)cc1)[C@H](C)C(=O)Nc1ccccc1C#N. The van der Waals surface area contributed by atoms with Crippen LogP contribution in [0.25, 0.3) is 0 Å². The van der Waals surface area contributed by atoms with Crippen molar-refractivity contribution in [3.05, 3.63) is 54.1 Å². The largest absolute Gasteiger partial charge is 0.497 e. The summed E-state index contributed by atoms with van der Waals surface area (Å²) in [6.45, 7) is 4.44. The van der Waals surface area contributed by atoms with Crippen LogP contribution in [0.4, 0.5) is 11.4 Å². The Kier molecular flexibility index (Phi) is 7.55. The van der Waals surface area contributed by atoms with Crippen molar-refractivity contribution in [3.8, 4) is 11.8 Å². The summed E-state index contributed by atoms with van der Waals surface area (Å²) in [6, 6.07) is 15.5. The first-order valence-electron chi connectivity index (χ1n) is 9.07. The van der Waals surface area contributed by atoms with Crippen LogP contribution in [0.5, 0.6) is 5.75 Å². The molecule has 1 unspecified atom stereocenters. The quantitative estimate of drug-likeness (QED) is 0.645. The smallest absolute Gasteiger partial charge is 0.282 e. The Morgan fingerprint density at radius 3 is 2.43 bits per heavy atom. The van der Waals surface area contributed by atoms with Gasteiger partial charge in [0.15, 0.2) is 12.6 Å². The number of anilines is 2. The van der Waals surface area contributed by atoms with Crippen LogP contribution in [0.3, 0.4) is 0 Å². The highest BCUT2D eigenvalue weighted by molar-refractivity contribution is 5.95. The van der Waals surface area contributed by atoms with Gasteiger partial charge in [-0.15, -0.1) is 0 Å². The van der Waals surface area contributed by atoms with Crippen LogP contribution in [0.2, 0.25) is 0 Å². The second kappa shape index (κ2) is 10.1. The number of amides is 2. The van der Waals surface area contributed by atoms with Crippen LogP contribution < -0.4 is 20.3 Å². The van der Waals surface area contributed by atoms with Crippen LogP contribution in [0.15, 0.2) is 48.5 Å². The number of ether oxygens (including phenoxy) is 1. The lowest BCUT2D eigenvalue weighted by Gasteiger charge is -2.23. The van der Waals surface area contributed by atoms with Crippen molar-refractivity contribution >= 4 is 23.2 Å². The maximum Gasteiger partial charge on any atom is 0.282 e. The van der Waals surface area contributed by atoms with E-state index in [2.05, 4.69) is 16.7 Å². The van der Waals surface area contributed by atoms with Crippen LogP contribution in [0.1, 0.15) is 19.4 Å². The molecule has 2 aromatic carbocycles. The summed E-state index contributed by atoms with van der Waals surface area (Å²) in [5.41, 5.74) is 1.54. The molecule has 0 aliphatic heterocycles. The Morgan fingerprint density at radius 1 is 1.14 bits per heavy atom. The van der Waals surface area contributed by atoms with Gasteiger partial charge in [0.2, 0.25) is 0 Å². The molecule has 2 aromatic rings. The van der Waals surface area contributed by atoms with Gasteiger partial charge < -0.3 is 20.3 Å². The van der Waals surface area contributed by atoms with E-state index < -0.39 is 6.04 Å². The molecule has 28 heavy (non-hydrogen) atoms. The van der Waals surface area contributed by atoms with E-state index in [9.17, 15) is 9.59 Å². The minimum Gasteiger partial charge on any atom is -0.497 e. The number of nitrogens with one attached hydrogen (secondary N) is 3. The molecule has 3 N–H and O–H groups in total. The van der Waals surface area contributed by atoms with Crippen LogP contribution in [-0.2, 0) is 9.59 Å². The van der Waals surface area contributed by atoms with Gasteiger partial charge in [-0.25, -0.2) is 0 Å². The van der Waals surface area contributed by atoms with Crippen LogP contribution in [-0.4, -0.2) is 38.1 Å². The van der Waals surface area contributed by atoms with Crippen molar-refractivity contribution in [2.75, 3.05) is 30.8 Å². The Morgan fingerprint density at radius 2 is 1.82 bits per heavy atom. The number of rotatable bonds is 8. The Balaban J connectivity index is 1.97. The number of methoxy groups -OCH3 is 1. The molecule has 7 heteroatoms. The van der Waals surface area contributed by atoms with Gasteiger partial charge in [-0.05, 0) is 50.2 Å². The Bertz CT molecular complexity index is 859. The third-order valence-electron chi connectivity index (χ3n) is 4.53.